The first-order valence-electron chi connectivity index (χ1n) is 3.94. The highest BCUT2D eigenvalue weighted by molar-refractivity contribution is 7.13. The Labute approximate surface area is 94.1 Å². The number of anilines is 1. The van der Waals surface area contributed by atoms with Crippen molar-refractivity contribution in [2.45, 2.75) is 0 Å². The molecule has 5 nitrogen and oxygen atoms in total. The van der Waals surface area contributed by atoms with Crippen LogP contribution in [-0.4, -0.2) is 21.1 Å². The van der Waals surface area contributed by atoms with Crippen molar-refractivity contribution in [3.05, 3.63) is 34.6 Å². The molecule has 0 aliphatic heterocycles. The Kier molecular flexibility index (Phi) is 2.89. The number of hydrogen-bond donors (Lipinski definition) is 1. The Morgan fingerprint density at radius 3 is 3.07 bits per heavy atom. The minimum absolute atomic E-state index is 0.305. The Morgan fingerprint density at radius 2 is 2.40 bits per heavy atom. The average Bonchev–Trinajstić information content (AvgIpc) is 2.71. The lowest BCUT2D eigenvalue weighted by Gasteiger charge is -2.01. The topological polar surface area (TPSA) is 67.8 Å². The van der Waals surface area contributed by atoms with E-state index in [9.17, 15) is 4.79 Å². The second-order valence-electron chi connectivity index (χ2n) is 2.55. The van der Waals surface area contributed by atoms with Crippen molar-refractivity contribution < 1.29 is 4.79 Å². The van der Waals surface area contributed by atoms with Gasteiger partial charge in [-0.15, -0.1) is 10.2 Å². The molecular weight excluding hydrogens is 236 g/mol. The van der Waals surface area contributed by atoms with Crippen LogP contribution in [0.3, 0.4) is 0 Å². The normalized spacial score (nSPS) is 9.93. The lowest BCUT2D eigenvalue weighted by Crippen LogP contribution is -2.12. The van der Waals surface area contributed by atoms with Crippen LogP contribution in [0.1, 0.15) is 10.4 Å². The van der Waals surface area contributed by atoms with E-state index in [-0.39, 0.29) is 5.91 Å². The minimum atomic E-state index is -0.320. The first-order chi connectivity index (χ1) is 7.27. The maximum Gasteiger partial charge on any atom is 0.259 e. The van der Waals surface area contributed by atoms with Crippen molar-refractivity contribution in [1.29, 1.82) is 0 Å². The molecule has 0 spiro atoms. The number of carbonyl (C=O) groups excluding carboxylic acids is 1. The maximum absolute atomic E-state index is 11.6. The van der Waals surface area contributed by atoms with Crippen LogP contribution in [0.25, 0.3) is 0 Å². The number of aromatic nitrogens is 3. The molecule has 0 aliphatic rings. The van der Waals surface area contributed by atoms with Crippen molar-refractivity contribution in [2.75, 3.05) is 5.32 Å². The van der Waals surface area contributed by atoms with Crippen molar-refractivity contribution >= 4 is 34.0 Å². The molecule has 2 rings (SSSR count). The number of halogens is 1. The molecule has 0 fully saturated rings. The molecule has 7 heteroatoms. The Balaban J connectivity index is 2.19. The first-order valence-corrected chi connectivity index (χ1v) is 5.20. The summed E-state index contributed by atoms with van der Waals surface area (Å²) >= 11 is 7.04. The molecule has 1 N–H and O–H groups in total. The standard InChI is InChI=1S/C8H5ClN4OS/c9-6-3-10-2-1-5(6)7(14)12-8-13-11-4-15-8/h1-4H,(H,12,13,14). The molecule has 0 saturated heterocycles. The Bertz CT molecular complexity index is 473. The zero-order valence-corrected chi connectivity index (χ0v) is 8.92. The number of nitrogens with one attached hydrogen (secondary N) is 1. The van der Waals surface area contributed by atoms with Crippen LogP contribution >= 0.6 is 22.9 Å². The number of rotatable bonds is 2. The van der Waals surface area contributed by atoms with Gasteiger partial charge in [0.1, 0.15) is 5.51 Å². The predicted octanol–water partition coefficient (Wildman–Crippen LogP) is 1.84. The van der Waals surface area contributed by atoms with Gasteiger partial charge in [0.05, 0.1) is 10.6 Å². The third-order valence-corrected chi connectivity index (χ3v) is 2.51. The SMILES string of the molecule is O=C(Nc1nncs1)c1ccncc1Cl. The van der Waals surface area contributed by atoms with E-state index in [0.29, 0.717) is 15.7 Å². The molecule has 2 aromatic heterocycles. The molecule has 15 heavy (non-hydrogen) atoms. The lowest BCUT2D eigenvalue weighted by molar-refractivity contribution is 0.102. The minimum Gasteiger partial charge on any atom is -0.296 e. The van der Waals surface area contributed by atoms with Crippen LogP contribution in [-0.2, 0) is 0 Å². The summed E-state index contributed by atoms with van der Waals surface area (Å²) in [6.07, 6.45) is 2.91. The van der Waals surface area contributed by atoms with Gasteiger partial charge in [-0.1, -0.05) is 22.9 Å². The second-order valence-corrected chi connectivity index (χ2v) is 3.79. The summed E-state index contributed by atoms with van der Waals surface area (Å²) < 4.78 is 0. The fourth-order valence-electron chi connectivity index (χ4n) is 0.951. The number of carbonyl (C=O) groups is 1. The highest BCUT2D eigenvalue weighted by Gasteiger charge is 2.11. The molecule has 0 bridgehead atoms. The van der Waals surface area contributed by atoms with Crippen molar-refractivity contribution in [1.82, 2.24) is 15.2 Å². The van der Waals surface area contributed by atoms with Gasteiger partial charge in [0.15, 0.2) is 0 Å². The Morgan fingerprint density at radius 1 is 1.53 bits per heavy atom. The largest absolute Gasteiger partial charge is 0.296 e. The van der Waals surface area contributed by atoms with Gasteiger partial charge in [-0.2, -0.15) is 0 Å². The van der Waals surface area contributed by atoms with E-state index in [0.717, 1.165) is 0 Å². The van der Waals surface area contributed by atoms with E-state index in [2.05, 4.69) is 20.5 Å². The van der Waals surface area contributed by atoms with Gasteiger partial charge in [0.2, 0.25) is 5.13 Å². The predicted molar refractivity (Wildman–Crippen MR) is 57.1 cm³/mol. The zero-order chi connectivity index (χ0) is 10.7. The summed E-state index contributed by atoms with van der Waals surface area (Å²) in [6.45, 7) is 0. The third kappa shape index (κ3) is 2.28. The van der Waals surface area contributed by atoms with E-state index >= 15 is 0 Å². The van der Waals surface area contributed by atoms with Gasteiger partial charge < -0.3 is 0 Å². The van der Waals surface area contributed by atoms with Gasteiger partial charge in [0.25, 0.3) is 5.91 Å². The monoisotopic (exact) mass is 240 g/mol. The van der Waals surface area contributed by atoms with Gasteiger partial charge in [-0.25, -0.2) is 0 Å². The highest BCUT2D eigenvalue weighted by atomic mass is 35.5. The number of amides is 1. The molecule has 0 radical (unpaired) electrons. The summed E-state index contributed by atoms with van der Waals surface area (Å²) in [6, 6.07) is 1.54. The van der Waals surface area contributed by atoms with E-state index in [1.54, 1.807) is 6.07 Å². The molecule has 0 aromatic carbocycles. The zero-order valence-electron chi connectivity index (χ0n) is 7.35. The molecule has 0 atom stereocenters. The molecular formula is C8H5ClN4OS. The van der Waals surface area contributed by atoms with Crippen LogP contribution in [0.15, 0.2) is 24.0 Å². The van der Waals surface area contributed by atoms with Gasteiger partial charge in [-0.3, -0.25) is 15.1 Å². The smallest absolute Gasteiger partial charge is 0.259 e. The summed E-state index contributed by atoms with van der Waals surface area (Å²) in [5.74, 6) is -0.320. The quantitative estimate of drug-likeness (QED) is 0.870. The summed E-state index contributed by atoms with van der Waals surface area (Å²) in [5.41, 5.74) is 1.89. The third-order valence-electron chi connectivity index (χ3n) is 1.60. The number of nitrogens with zero attached hydrogens (tertiary/aromatic N) is 3. The van der Waals surface area contributed by atoms with E-state index in [1.165, 1.54) is 29.2 Å². The van der Waals surface area contributed by atoms with Crippen LogP contribution in [0.2, 0.25) is 5.02 Å². The van der Waals surface area contributed by atoms with E-state index < -0.39 is 0 Å². The molecule has 2 aromatic rings. The molecule has 1 amide bonds. The van der Waals surface area contributed by atoms with E-state index in [4.69, 9.17) is 11.6 Å². The fraction of sp³-hybridized carbons (Fsp3) is 0. The molecule has 0 unspecified atom stereocenters. The van der Waals surface area contributed by atoms with E-state index in [1.807, 2.05) is 0 Å². The second kappa shape index (κ2) is 4.33. The Hall–Kier alpha value is -1.53. The molecule has 0 saturated carbocycles. The van der Waals surface area contributed by atoms with Gasteiger partial charge in [-0.05, 0) is 6.07 Å². The van der Waals surface area contributed by atoms with Crippen molar-refractivity contribution in [3.8, 4) is 0 Å². The average molecular weight is 241 g/mol. The fourth-order valence-corrected chi connectivity index (χ4v) is 1.60. The molecule has 0 aliphatic carbocycles. The summed E-state index contributed by atoms with van der Waals surface area (Å²) in [7, 11) is 0. The highest BCUT2D eigenvalue weighted by Crippen LogP contribution is 2.16. The van der Waals surface area contributed by atoms with Crippen molar-refractivity contribution in [2.24, 2.45) is 0 Å². The van der Waals surface area contributed by atoms with Crippen LogP contribution in [0, 0.1) is 0 Å². The molecule has 2 heterocycles. The number of pyridine rings is 1. The van der Waals surface area contributed by atoms with Crippen LogP contribution in [0.4, 0.5) is 5.13 Å². The maximum atomic E-state index is 11.6. The van der Waals surface area contributed by atoms with Crippen molar-refractivity contribution in [3.63, 3.8) is 0 Å². The lowest BCUT2D eigenvalue weighted by atomic mass is 10.2. The van der Waals surface area contributed by atoms with Crippen LogP contribution < -0.4 is 5.32 Å². The first kappa shape index (κ1) is 10.0. The number of hydrogen-bond acceptors (Lipinski definition) is 5. The van der Waals surface area contributed by atoms with Gasteiger partial charge >= 0.3 is 0 Å². The summed E-state index contributed by atoms with van der Waals surface area (Å²) in [5, 5.41) is 10.6. The van der Waals surface area contributed by atoms with Crippen LogP contribution in [0.5, 0.6) is 0 Å². The summed E-state index contributed by atoms with van der Waals surface area (Å²) in [4.78, 5) is 15.4. The van der Waals surface area contributed by atoms with Gasteiger partial charge in [0, 0.05) is 12.4 Å². The molecule has 76 valence electrons.